The summed E-state index contributed by atoms with van der Waals surface area (Å²) in [6.45, 7) is 5.84. The number of amides is 1. The number of para-hydroxylation sites is 1. The first kappa shape index (κ1) is 13.9. The Kier molecular flexibility index (Phi) is 3.78. The van der Waals surface area contributed by atoms with Crippen molar-refractivity contribution >= 4 is 5.91 Å². The molecule has 3 rings (SSSR count). The van der Waals surface area contributed by atoms with Crippen LogP contribution in [0, 0.1) is 13.8 Å². The number of hydrogen-bond acceptors (Lipinski definition) is 2. The van der Waals surface area contributed by atoms with Gasteiger partial charge in [0.15, 0.2) is 0 Å². The summed E-state index contributed by atoms with van der Waals surface area (Å²) in [5.41, 5.74) is 4.11. The Morgan fingerprint density at radius 1 is 1.14 bits per heavy atom. The largest absolute Gasteiger partial charge is 0.342 e. The SMILES string of the molecule is Cc1nn(-c2ccccc2)c(C)c1CC(=O)N1CCCC1. The van der Waals surface area contributed by atoms with Gasteiger partial charge in [-0.3, -0.25) is 4.79 Å². The van der Waals surface area contributed by atoms with Gasteiger partial charge in [-0.25, -0.2) is 4.68 Å². The fourth-order valence-electron chi connectivity index (χ4n) is 2.98. The van der Waals surface area contributed by atoms with Gasteiger partial charge in [0, 0.05) is 24.3 Å². The molecule has 110 valence electrons. The standard InChI is InChI=1S/C17H21N3O/c1-13-16(12-17(21)19-10-6-7-11-19)14(2)20(18-13)15-8-4-3-5-9-15/h3-5,8-9H,6-7,10-12H2,1-2H3. The molecule has 1 amide bonds. The van der Waals surface area contributed by atoms with Crippen molar-refractivity contribution in [1.29, 1.82) is 0 Å². The Morgan fingerprint density at radius 3 is 2.48 bits per heavy atom. The van der Waals surface area contributed by atoms with E-state index in [1.54, 1.807) is 0 Å². The van der Waals surface area contributed by atoms with Crippen LogP contribution >= 0.6 is 0 Å². The second kappa shape index (κ2) is 5.72. The van der Waals surface area contributed by atoms with Gasteiger partial charge in [0.05, 0.1) is 17.8 Å². The van der Waals surface area contributed by atoms with E-state index < -0.39 is 0 Å². The van der Waals surface area contributed by atoms with Crippen LogP contribution in [0.25, 0.3) is 5.69 Å². The van der Waals surface area contributed by atoms with Crippen LogP contribution < -0.4 is 0 Å². The summed E-state index contributed by atoms with van der Waals surface area (Å²) in [6, 6.07) is 10.1. The normalized spacial score (nSPS) is 14.7. The van der Waals surface area contributed by atoms with Crippen LogP contribution in [0.15, 0.2) is 30.3 Å². The maximum absolute atomic E-state index is 12.4. The van der Waals surface area contributed by atoms with Crippen LogP contribution in [-0.2, 0) is 11.2 Å². The lowest BCUT2D eigenvalue weighted by Crippen LogP contribution is -2.29. The van der Waals surface area contributed by atoms with Crippen molar-refractivity contribution in [3.8, 4) is 5.69 Å². The Labute approximate surface area is 125 Å². The van der Waals surface area contributed by atoms with Crippen molar-refractivity contribution in [3.05, 3.63) is 47.3 Å². The number of aryl methyl sites for hydroxylation is 1. The van der Waals surface area contributed by atoms with Crippen molar-refractivity contribution in [2.24, 2.45) is 0 Å². The molecular weight excluding hydrogens is 262 g/mol. The summed E-state index contributed by atoms with van der Waals surface area (Å²) in [6.07, 6.45) is 2.73. The Morgan fingerprint density at radius 2 is 1.81 bits per heavy atom. The highest BCUT2D eigenvalue weighted by atomic mass is 16.2. The minimum atomic E-state index is 0.228. The molecule has 21 heavy (non-hydrogen) atoms. The maximum Gasteiger partial charge on any atom is 0.227 e. The molecule has 0 saturated carbocycles. The Bertz CT molecular complexity index is 640. The molecule has 4 heteroatoms. The fraction of sp³-hybridized carbons (Fsp3) is 0.412. The third-order valence-corrected chi connectivity index (χ3v) is 4.23. The first-order chi connectivity index (χ1) is 10.2. The molecule has 0 spiro atoms. The van der Waals surface area contributed by atoms with Gasteiger partial charge in [-0.05, 0) is 38.8 Å². The van der Waals surface area contributed by atoms with E-state index in [-0.39, 0.29) is 5.91 Å². The van der Waals surface area contributed by atoms with Crippen LogP contribution in [0.1, 0.15) is 29.8 Å². The van der Waals surface area contributed by atoms with Gasteiger partial charge in [0.25, 0.3) is 0 Å². The molecule has 0 unspecified atom stereocenters. The van der Waals surface area contributed by atoms with Crippen LogP contribution in [0.3, 0.4) is 0 Å². The molecule has 0 N–H and O–H groups in total. The molecule has 4 nitrogen and oxygen atoms in total. The smallest absolute Gasteiger partial charge is 0.227 e. The summed E-state index contributed by atoms with van der Waals surface area (Å²) in [7, 11) is 0. The highest BCUT2D eigenvalue weighted by molar-refractivity contribution is 5.79. The lowest BCUT2D eigenvalue weighted by Gasteiger charge is -2.15. The van der Waals surface area contributed by atoms with Gasteiger partial charge in [0.2, 0.25) is 5.91 Å². The summed E-state index contributed by atoms with van der Waals surface area (Å²) in [5, 5.41) is 4.61. The predicted octanol–water partition coefficient (Wildman–Crippen LogP) is 2.65. The van der Waals surface area contributed by atoms with Crippen molar-refractivity contribution in [2.75, 3.05) is 13.1 Å². The van der Waals surface area contributed by atoms with Gasteiger partial charge < -0.3 is 4.90 Å². The zero-order valence-corrected chi connectivity index (χ0v) is 12.7. The highest BCUT2D eigenvalue weighted by Crippen LogP contribution is 2.20. The molecule has 2 heterocycles. The molecule has 1 aromatic heterocycles. The van der Waals surface area contributed by atoms with Crippen LogP contribution in [0.5, 0.6) is 0 Å². The van der Waals surface area contributed by atoms with Gasteiger partial charge in [-0.2, -0.15) is 5.10 Å². The zero-order valence-electron chi connectivity index (χ0n) is 12.7. The molecule has 2 aromatic rings. The molecule has 1 aliphatic heterocycles. The lowest BCUT2D eigenvalue weighted by atomic mass is 10.1. The molecule has 1 fully saturated rings. The molecule has 1 aromatic carbocycles. The first-order valence-corrected chi connectivity index (χ1v) is 7.55. The second-order valence-corrected chi connectivity index (χ2v) is 5.66. The highest BCUT2D eigenvalue weighted by Gasteiger charge is 2.21. The van der Waals surface area contributed by atoms with Crippen molar-refractivity contribution in [1.82, 2.24) is 14.7 Å². The van der Waals surface area contributed by atoms with E-state index in [0.29, 0.717) is 6.42 Å². The molecule has 0 bridgehead atoms. The van der Waals surface area contributed by atoms with Gasteiger partial charge in [0.1, 0.15) is 0 Å². The van der Waals surface area contributed by atoms with Crippen molar-refractivity contribution in [2.45, 2.75) is 33.1 Å². The monoisotopic (exact) mass is 283 g/mol. The predicted molar refractivity (Wildman–Crippen MR) is 82.6 cm³/mol. The van der Waals surface area contributed by atoms with E-state index in [0.717, 1.165) is 48.6 Å². The van der Waals surface area contributed by atoms with E-state index in [1.165, 1.54) is 0 Å². The third kappa shape index (κ3) is 2.71. The molecule has 0 atom stereocenters. The molecule has 1 saturated heterocycles. The Hall–Kier alpha value is -2.10. The van der Waals surface area contributed by atoms with E-state index >= 15 is 0 Å². The number of aromatic nitrogens is 2. The van der Waals surface area contributed by atoms with Crippen molar-refractivity contribution < 1.29 is 4.79 Å². The number of carbonyl (C=O) groups is 1. The molecule has 1 aliphatic rings. The lowest BCUT2D eigenvalue weighted by molar-refractivity contribution is -0.129. The number of likely N-dealkylation sites (tertiary alicyclic amines) is 1. The number of benzene rings is 1. The minimum absolute atomic E-state index is 0.228. The summed E-state index contributed by atoms with van der Waals surface area (Å²) >= 11 is 0. The topological polar surface area (TPSA) is 38.1 Å². The maximum atomic E-state index is 12.4. The first-order valence-electron chi connectivity index (χ1n) is 7.55. The number of hydrogen-bond donors (Lipinski definition) is 0. The fourth-order valence-corrected chi connectivity index (χ4v) is 2.98. The number of carbonyl (C=O) groups excluding carboxylic acids is 1. The van der Waals surface area contributed by atoms with Crippen LogP contribution in [-0.4, -0.2) is 33.7 Å². The number of nitrogens with zero attached hydrogens (tertiary/aromatic N) is 3. The summed E-state index contributed by atoms with van der Waals surface area (Å²) < 4.78 is 1.93. The average molecular weight is 283 g/mol. The van der Waals surface area contributed by atoms with E-state index in [1.807, 2.05) is 53.8 Å². The second-order valence-electron chi connectivity index (χ2n) is 5.66. The summed E-state index contributed by atoms with van der Waals surface area (Å²) in [4.78, 5) is 14.3. The Balaban J connectivity index is 1.86. The average Bonchev–Trinajstić information content (AvgIpc) is 3.12. The third-order valence-electron chi connectivity index (χ3n) is 4.23. The minimum Gasteiger partial charge on any atom is -0.342 e. The van der Waals surface area contributed by atoms with E-state index in [4.69, 9.17) is 0 Å². The van der Waals surface area contributed by atoms with Crippen LogP contribution in [0.2, 0.25) is 0 Å². The molecular formula is C17H21N3O. The van der Waals surface area contributed by atoms with Crippen molar-refractivity contribution in [3.63, 3.8) is 0 Å². The van der Waals surface area contributed by atoms with E-state index in [2.05, 4.69) is 5.10 Å². The molecule has 0 aliphatic carbocycles. The van der Waals surface area contributed by atoms with Gasteiger partial charge in [-0.15, -0.1) is 0 Å². The van der Waals surface area contributed by atoms with Crippen LogP contribution in [0.4, 0.5) is 0 Å². The number of rotatable bonds is 3. The van der Waals surface area contributed by atoms with Gasteiger partial charge >= 0.3 is 0 Å². The van der Waals surface area contributed by atoms with E-state index in [9.17, 15) is 4.79 Å². The summed E-state index contributed by atoms with van der Waals surface area (Å²) in [5.74, 6) is 0.228. The molecule has 0 radical (unpaired) electrons. The zero-order chi connectivity index (χ0) is 14.8. The quantitative estimate of drug-likeness (QED) is 0.868. The van der Waals surface area contributed by atoms with Gasteiger partial charge in [-0.1, -0.05) is 18.2 Å².